The van der Waals surface area contributed by atoms with E-state index < -0.39 is 0 Å². The summed E-state index contributed by atoms with van der Waals surface area (Å²) < 4.78 is 10.2. The fourth-order valence-electron chi connectivity index (χ4n) is 4.89. The van der Waals surface area contributed by atoms with Gasteiger partial charge in [-0.25, -0.2) is 4.79 Å². The lowest BCUT2D eigenvalue weighted by Crippen LogP contribution is -2.43. The van der Waals surface area contributed by atoms with Crippen LogP contribution in [0.25, 0.3) is 11.2 Å². The maximum absolute atomic E-state index is 13.5. The third-order valence-corrected chi connectivity index (χ3v) is 6.69. The first-order valence-corrected chi connectivity index (χ1v) is 11.4. The Hall–Kier alpha value is -3.07. The number of anilines is 2. The lowest BCUT2D eigenvalue weighted by atomic mass is 10.1. The van der Waals surface area contributed by atoms with Crippen molar-refractivity contribution in [1.29, 1.82) is 0 Å². The van der Waals surface area contributed by atoms with Crippen molar-refractivity contribution in [3.63, 3.8) is 0 Å². The minimum Gasteiger partial charge on any atom is -0.497 e. The van der Waals surface area contributed by atoms with Gasteiger partial charge in [0.2, 0.25) is 5.95 Å². The van der Waals surface area contributed by atoms with Crippen LogP contribution in [0.4, 0.5) is 11.6 Å². The molecule has 2 aliphatic heterocycles. The second-order valence-electron chi connectivity index (χ2n) is 8.64. The molecule has 4 heterocycles. The SMILES string of the molecule is COc1ccc(N2CCCn3c2nc2c3c(=O)n(CCN3CCCCC3)c(=O)n2C)cc1. The molecule has 32 heavy (non-hydrogen) atoms. The topological polar surface area (TPSA) is 77.5 Å². The summed E-state index contributed by atoms with van der Waals surface area (Å²) >= 11 is 0. The van der Waals surface area contributed by atoms with Crippen LogP contribution in [0.15, 0.2) is 33.9 Å². The highest BCUT2D eigenvalue weighted by atomic mass is 16.5. The minimum absolute atomic E-state index is 0.240. The standard InChI is InChI=1S/C23H30N6O3/c1-25-20-19(21(30)29(23(25)31)16-15-26-11-4-3-5-12-26)28-14-6-13-27(22(28)24-20)17-7-9-18(32-2)10-8-17/h7-10H,3-6,11-16H2,1-2H3. The summed E-state index contributed by atoms with van der Waals surface area (Å²) in [6.45, 7) is 4.71. The molecule has 1 saturated heterocycles. The Balaban J connectivity index is 1.56. The third-order valence-electron chi connectivity index (χ3n) is 6.69. The zero-order valence-corrected chi connectivity index (χ0v) is 18.8. The second-order valence-corrected chi connectivity index (χ2v) is 8.64. The van der Waals surface area contributed by atoms with Gasteiger partial charge in [-0.05, 0) is 56.6 Å². The fraction of sp³-hybridized carbons (Fsp3) is 0.522. The Morgan fingerprint density at radius 1 is 0.938 bits per heavy atom. The molecule has 9 heteroatoms. The number of aryl methyl sites for hydroxylation is 2. The van der Waals surface area contributed by atoms with Gasteiger partial charge in [-0.3, -0.25) is 13.9 Å². The van der Waals surface area contributed by atoms with Crippen molar-refractivity contribution in [2.75, 3.05) is 38.2 Å². The highest BCUT2D eigenvalue weighted by molar-refractivity contribution is 5.77. The van der Waals surface area contributed by atoms with Gasteiger partial charge in [0.25, 0.3) is 5.56 Å². The van der Waals surface area contributed by atoms with Gasteiger partial charge < -0.3 is 19.1 Å². The largest absolute Gasteiger partial charge is 0.497 e. The Kier molecular flexibility index (Phi) is 5.50. The third kappa shape index (κ3) is 3.50. The Bertz CT molecular complexity index is 1230. The molecule has 0 saturated carbocycles. The van der Waals surface area contributed by atoms with Gasteiger partial charge in [-0.15, -0.1) is 0 Å². The van der Waals surface area contributed by atoms with E-state index >= 15 is 0 Å². The van der Waals surface area contributed by atoms with E-state index in [0.717, 1.165) is 44.0 Å². The summed E-state index contributed by atoms with van der Waals surface area (Å²) in [6, 6.07) is 7.81. The fourth-order valence-corrected chi connectivity index (χ4v) is 4.89. The number of fused-ring (bicyclic) bond motifs is 3. The first-order valence-electron chi connectivity index (χ1n) is 11.4. The van der Waals surface area contributed by atoms with Crippen LogP contribution in [-0.2, 0) is 20.1 Å². The molecule has 0 bridgehead atoms. The first-order chi connectivity index (χ1) is 15.6. The van der Waals surface area contributed by atoms with E-state index in [0.29, 0.717) is 30.2 Å². The van der Waals surface area contributed by atoms with Gasteiger partial charge in [-0.1, -0.05) is 6.42 Å². The zero-order chi connectivity index (χ0) is 22.2. The van der Waals surface area contributed by atoms with Crippen LogP contribution in [0.1, 0.15) is 25.7 Å². The number of aromatic nitrogens is 4. The molecule has 2 aromatic heterocycles. The normalized spacial score (nSPS) is 17.0. The summed E-state index contributed by atoms with van der Waals surface area (Å²) in [5, 5.41) is 0. The lowest BCUT2D eigenvalue weighted by molar-refractivity contribution is 0.218. The molecule has 3 aromatic rings. The molecule has 0 atom stereocenters. The van der Waals surface area contributed by atoms with Crippen molar-refractivity contribution in [1.82, 2.24) is 23.6 Å². The van der Waals surface area contributed by atoms with E-state index in [-0.39, 0.29) is 11.2 Å². The molecular weight excluding hydrogens is 408 g/mol. The van der Waals surface area contributed by atoms with Gasteiger partial charge in [0.15, 0.2) is 11.2 Å². The van der Waals surface area contributed by atoms with Crippen LogP contribution >= 0.6 is 0 Å². The highest BCUT2D eigenvalue weighted by Gasteiger charge is 2.27. The summed E-state index contributed by atoms with van der Waals surface area (Å²) in [6.07, 6.45) is 4.52. The van der Waals surface area contributed by atoms with E-state index in [4.69, 9.17) is 9.72 Å². The van der Waals surface area contributed by atoms with Crippen molar-refractivity contribution in [3.05, 3.63) is 45.1 Å². The minimum atomic E-state index is -0.300. The maximum Gasteiger partial charge on any atom is 0.332 e. The number of piperidine rings is 1. The molecule has 5 rings (SSSR count). The van der Waals surface area contributed by atoms with Gasteiger partial charge in [0.05, 0.1) is 7.11 Å². The monoisotopic (exact) mass is 438 g/mol. The number of nitrogens with zero attached hydrogens (tertiary/aromatic N) is 6. The summed E-state index contributed by atoms with van der Waals surface area (Å²) in [5.74, 6) is 1.50. The molecule has 0 spiro atoms. The van der Waals surface area contributed by atoms with Crippen molar-refractivity contribution < 1.29 is 4.74 Å². The molecule has 0 unspecified atom stereocenters. The number of rotatable bonds is 5. The molecule has 0 N–H and O–H groups in total. The van der Waals surface area contributed by atoms with E-state index in [9.17, 15) is 9.59 Å². The predicted octanol–water partition coefficient (Wildman–Crippen LogP) is 1.93. The van der Waals surface area contributed by atoms with E-state index in [1.165, 1.54) is 28.4 Å². The predicted molar refractivity (Wildman–Crippen MR) is 124 cm³/mol. The van der Waals surface area contributed by atoms with Gasteiger partial charge in [0.1, 0.15) is 5.75 Å². The summed E-state index contributed by atoms with van der Waals surface area (Å²) in [5.41, 5.74) is 1.41. The van der Waals surface area contributed by atoms with Gasteiger partial charge in [-0.2, -0.15) is 4.98 Å². The molecule has 0 aliphatic carbocycles. The number of imidazole rings is 1. The number of hydrogen-bond donors (Lipinski definition) is 0. The Morgan fingerprint density at radius 3 is 2.41 bits per heavy atom. The number of likely N-dealkylation sites (tertiary alicyclic amines) is 1. The summed E-state index contributed by atoms with van der Waals surface area (Å²) in [4.78, 5) is 35.7. The Labute approximate surface area is 186 Å². The average Bonchev–Trinajstić information content (AvgIpc) is 3.23. The molecule has 1 aromatic carbocycles. The van der Waals surface area contributed by atoms with Crippen molar-refractivity contribution >= 4 is 22.8 Å². The van der Waals surface area contributed by atoms with Crippen molar-refractivity contribution in [2.45, 2.75) is 38.8 Å². The van der Waals surface area contributed by atoms with E-state index in [2.05, 4.69) is 9.80 Å². The highest BCUT2D eigenvalue weighted by Crippen LogP contribution is 2.31. The number of methoxy groups -OCH3 is 1. The van der Waals surface area contributed by atoms with E-state index in [1.54, 1.807) is 14.2 Å². The smallest absolute Gasteiger partial charge is 0.332 e. The average molecular weight is 439 g/mol. The maximum atomic E-state index is 13.5. The van der Waals surface area contributed by atoms with Crippen LogP contribution in [0.2, 0.25) is 0 Å². The molecule has 0 amide bonds. The van der Waals surface area contributed by atoms with Crippen LogP contribution in [0.3, 0.4) is 0 Å². The molecule has 9 nitrogen and oxygen atoms in total. The second kappa shape index (κ2) is 8.46. The van der Waals surface area contributed by atoms with Crippen LogP contribution < -0.4 is 20.9 Å². The van der Waals surface area contributed by atoms with E-state index in [1.807, 2.05) is 28.8 Å². The summed E-state index contributed by atoms with van der Waals surface area (Å²) in [7, 11) is 3.35. The van der Waals surface area contributed by atoms with Crippen molar-refractivity contribution in [2.24, 2.45) is 7.05 Å². The quantitative estimate of drug-likeness (QED) is 0.606. The zero-order valence-electron chi connectivity index (χ0n) is 18.8. The molecular formula is C23H30N6O3. The van der Waals surface area contributed by atoms with Gasteiger partial charge in [0, 0.05) is 38.9 Å². The lowest BCUT2D eigenvalue weighted by Gasteiger charge is -2.29. The van der Waals surface area contributed by atoms with Crippen molar-refractivity contribution in [3.8, 4) is 5.75 Å². The van der Waals surface area contributed by atoms with Crippen LogP contribution in [0, 0.1) is 0 Å². The van der Waals surface area contributed by atoms with Gasteiger partial charge >= 0.3 is 5.69 Å². The molecule has 2 aliphatic rings. The first kappa shape index (κ1) is 20.8. The molecule has 1 fully saturated rings. The Morgan fingerprint density at radius 2 is 1.69 bits per heavy atom. The number of ether oxygens (including phenoxy) is 1. The number of hydrogen-bond acceptors (Lipinski definition) is 6. The molecule has 170 valence electrons. The molecule has 0 radical (unpaired) electrons. The van der Waals surface area contributed by atoms with Crippen LogP contribution in [0.5, 0.6) is 5.75 Å². The van der Waals surface area contributed by atoms with Crippen LogP contribution in [-0.4, -0.2) is 56.9 Å². The number of benzene rings is 1.